The number of halogens is 3. The molecule has 4 aromatic rings. The maximum absolute atomic E-state index is 13.6. The Balaban J connectivity index is 1.28. The highest BCUT2D eigenvalue weighted by Crippen LogP contribution is 2.31. The van der Waals surface area contributed by atoms with Gasteiger partial charge in [-0.15, -0.1) is 0 Å². The maximum atomic E-state index is 13.6. The Morgan fingerprint density at radius 1 is 1.11 bits per heavy atom. The highest BCUT2D eigenvalue weighted by molar-refractivity contribution is 7.90. The number of rotatable bonds is 10. The zero-order valence-electron chi connectivity index (χ0n) is 24.2. The van der Waals surface area contributed by atoms with Gasteiger partial charge in [-0.2, -0.15) is 13.2 Å². The molecule has 0 saturated carbocycles. The van der Waals surface area contributed by atoms with Gasteiger partial charge < -0.3 is 29.7 Å². The summed E-state index contributed by atoms with van der Waals surface area (Å²) >= 11 is 0. The molecule has 0 atom stereocenters. The summed E-state index contributed by atoms with van der Waals surface area (Å²) in [6.07, 6.45) is -2.70. The van der Waals surface area contributed by atoms with Crippen LogP contribution in [0.1, 0.15) is 30.0 Å². The Morgan fingerprint density at radius 2 is 1.86 bits per heavy atom. The third-order valence-corrected chi connectivity index (χ3v) is 9.14. The van der Waals surface area contributed by atoms with Crippen molar-refractivity contribution in [2.45, 2.75) is 49.2 Å². The number of nitrogens with one attached hydrogen (secondary N) is 2. The van der Waals surface area contributed by atoms with Crippen LogP contribution in [0.5, 0.6) is 0 Å². The fourth-order valence-corrected chi connectivity index (χ4v) is 6.59. The summed E-state index contributed by atoms with van der Waals surface area (Å²) < 4.78 is 72.3. The maximum Gasteiger partial charge on any atom is 0.406 e. The molecule has 0 radical (unpaired) electrons. The van der Waals surface area contributed by atoms with E-state index < -0.39 is 22.6 Å². The molecule has 5 rings (SSSR count). The summed E-state index contributed by atoms with van der Waals surface area (Å²) in [7, 11) is -3.62. The van der Waals surface area contributed by atoms with Crippen molar-refractivity contribution >= 4 is 32.1 Å². The number of β-amino-alcohol motifs (C(OH)–C–C–N with tert-alkyl or cyclic N) is 1. The number of nitrogens with zero attached hydrogens (tertiary/aromatic N) is 3. The molecule has 0 spiro atoms. The number of likely N-dealkylation sites (tertiary alicyclic amines) is 1. The number of aliphatic hydroxyl groups is 1. The molecule has 0 unspecified atom stereocenters. The van der Waals surface area contributed by atoms with Crippen molar-refractivity contribution in [3.63, 3.8) is 0 Å². The zero-order chi connectivity index (χ0) is 31.3. The SMILES string of the molecule is Cc1cc(CS(=O)(=O)c2ccc(NCC#Cc3cc4c(NC5CCN(CCO)CC5)cccc4n3CC(F)(F)F)cc2)no1. The number of hydrogen-bond donors (Lipinski definition) is 3. The molecule has 0 amide bonds. The first-order valence-electron chi connectivity index (χ1n) is 14.3. The van der Waals surface area contributed by atoms with Crippen LogP contribution in [-0.2, 0) is 22.1 Å². The van der Waals surface area contributed by atoms with Gasteiger partial charge in [-0.25, -0.2) is 8.42 Å². The molecule has 1 fully saturated rings. The van der Waals surface area contributed by atoms with Crippen LogP contribution in [0.2, 0.25) is 0 Å². The van der Waals surface area contributed by atoms with Crippen molar-refractivity contribution in [2.24, 2.45) is 0 Å². The molecule has 1 aliphatic rings. The van der Waals surface area contributed by atoms with Gasteiger partial charge in [0.1, 0.15) is 18.1 Å². The number of aromatic nitrogens is 2. The van der Waals surface area contributed by atoms with Gasteiger partial charge in [0.05, 0.1) is 35.0 Å². The zero-order valence-corrected chi connectivity index (χ0v) is 25.0. The molecule has 3 N–H and O–H groups in total. The van der Waals surface area contributed by atoms with Crippen molar-refractivity contribution < 1.29 is 31.2 Å². The topological polar surface area (TPSA) is 113 Å². The molecule has 13 heteroatoms. The number of anilines is 2. The van der Waals surface area contributed by atoms with Crippen molar-refractivity contribution in [3.8, 4) is 11.8 Å². The number of fused-ring (bicyclic) bond motifs is 1. The number of hydrogen-bond acceptors (Lipinski definition) is 8. The van der Waals surface area contributed by atoms with E-state index >= 15 is 0 Å². The van der Waals surface area contributed by atoms with Gasteiger partial charge >= 0.3 is 6.18 Å². The first-order chi connectivity index (χ1) is 21.0. The van der Waals surface area contributed by atoms with Gasteiger partial charge in [0.2, 0.25) is 0 Å². The van der Waals surface area contributed by atoms with Crippen molar-refractivity contribution in [3.05, 3.63) is 71.7 Å². The number of aliphatic hydroxyl groups excluding tert-OH is 1. The molecule has 0 aliphatic carbocycles. The normalized spacial score (nSPS) is 14.8. The van der Waals surface area contributed by atoms with E-state index in [1.54, 1.807) is 43.3 Å². The second kappa shape index (κ2) is 13.3. The summed E-state index contributed by atoms with van der Waals surface area (Å²) in [6, 6.07) is 14.9. The Bertz CT molecular complexity index is 1750. The third-order valence-electron chi connectivity index (χ3n) is 7.47. The molecule has 1 aliphatic heterocycles. The molecule has 0 bridgehead atoms. The molecule has 44 heavy (non-hydrogen) atoms. The fourth-order valence-electron chi connectivity index (χ4n) is 5.35. The minimum absolute atomic E-state index is 0.116. The predicted octanol–water partition coefficient (Wildman–Crippen LogP) is 4.81. The first kappa shape index (κ1) is 31.4. The van der Waals surface area contributed by atoms with Crippen LogP contribution in [0.15, 0.2) is 64.0 Å². The second-order valence-electron chi connectivity index (χ2n) is 10.8. The van der Waals surface area contributed by atoms with Gasteiger partial charge in [0.25, 0.3) is 0 Å². The van der Waals surface area contributed by atoms with E-state index in [1.165, 1.54) is 16.7 Å². The van der Waals surface area contributed by atoms with E-state index in [0.29, 0.717) is 34.6 Å². The molecule has 3 heterocycles. The average Bonchev–Trinajstić information content (AvgIpc) is 3.54. The van der Waals surface area contributed by atoms with E-state index in [2.05, 4.69) is 32.5 Å². The van der Waals surface area contributed by atoms with E-state index in [0.717, 1.165) is 31.6 Å². The number of piperidine rings is 1. The predicted molar refractivity (Wildman–Crippen MR) is 162 cm³/mol. The minimum atomic E-state index is -4.43. The molecule has 1 saturated heterocycles. The first-order valence-corrected chi connectivity index (χ1v) is 15.9. The second-order valence-corrected chi connectivity index (χ2v) is 12.8. The minimum Gasteiger partial charge on any atom is -0.395 e. The van der Waals surface area contributed by atoms with Gasteiger partial charge in [-0.3, -0.25) is 0 Å². The van der Waals surface area contributed by atoms with Gasteiger partial charge in [-0.1, -0.05) is 17.1 Å². The van der Waals surface area contributed by atoms with Crippen LogP contribution in [-0.4, -0.2) is 73.2 Å². The van der Waals surface area contributed by atoms with Crippen molar-refractivity contribution in [1.29, 1.82) is 0 Å². The number of sulfone groups is 1. The van der Waals surface area contributed by atoms with Gasteiger partial charge in [0, 0.05) is 48.5 Å². The Labute approximate surface area is 253 Å². The summed E-state index contributed by atoms with van der Waals surface area (Å²) in [5.74, 6) is 6.04. The van der Waals surface area contributed by atoms with Crippen LogP contribution >= 0.6 is 0 Å². The van der Waals surface area contributed by atoms with Gasteiger partial charge in [-0.05, 0) is 68.2 Å². The van der Waals surface area contributed by atoms with Gasteiger partial charge in [0.15, 0.2) is 9.84 Å². The third kappa shape index (κ3) is 7.93. The number of aryl methyl sites for hydroxylation is 1. The smallest absolute Gasteiger partial charge is 0.395 e. The van der Waals surface area contributed by atoms with E-state index in [9.17, 15) is 26.7 Å². The highest BCUT2D eigenvalue weighted by Gasteiger charge is 2.30. The average molecular weight is 630 g/mol. The number of benzene rings is 2. The van der Waals surface area contributed by atoms with Crippen molar-refractivity contribution in [1.82, 2.24) is 14.6 Å². The highest BCUT2D eigenvalue weighted by atomic mass is 32.2. The Kier molecular flexibility index (Phi) is 9.53. The Morgan fingerprint density at radius 3 is 2.52 bits per heavy atom. The molecular formula is C31H34F3N5O4S. The van der Waals surface area contributed by atoms with E-state index in [-0.39, 0.29) is 35.5 Å². The lowest BCUT2D eigenvalue weighted by atomic mass is 10.0. The largest absolute Gasteiger partial charge is 0.406 e. The lowest BCUT2D eigenvalue weighted by Crippen LogP contribution is -2.40. The summed E-state index contributed by atoms with van der Waals surface area (Å²) in [6.45, 7) is 3.09. The molecular weight excluding hydrogens is 595 g/mol. The Hall–Kier alpha value is -3.99. The fraction of sp³-hybridized carbons (Fsp3) is 0.387. The van der Waals surface area contributed by atoms with Crippen molar-refractivity contribution in [2.75, 3.05) is 43.4 Å². The van der Waals surface area contributed by atoms with Crippen LogP contribution in [0, 0.1) is 18.8 Å². The van der Waals surface area contributed by atoms with Crippen LogP contribution < -0.4 is 10.6 Å². The summed E-state index contributed by atoms with van der Waals surface area (Å²) in [4.78, 5) is 2.32. The standard InChI is InChI=1S/C31H34F3N5O4S/c1-22-18-25(37-43-22)20-44(41,42)27-9-7-23(8-10-27)35-13-3-4-26-19-28-29(36-24-11-14-38(15-12-24)16-17-40)5-2-6-30(28)39(26)21-31(32,33)34/h2,5-10,18-19,24,35-36,40H,11-17,20-21H2,1H3. The summed E-state index contributed by atoms with van der Waals surface area (Å²) in [5.41, 5.74) is 2.39. The monoisotopic (exact) mass is 629 g/mol. The van der Waals surface area contributed by atoms with E-state index in [4.69, 9.17) is 4.52 Å². The lowest BCUT2D eigenvalue weighted by molar-refractivity contribution is -0.140. The quantitative estimate of drug-likeness (QED) is 0.215. The number of alkyl halides is 3. The molecule has 9 nitrogen and oxygen atoms in total. The molecule has 2 aromatic carbocycles. The lowest BCUT2D eigenvalue weighted by Gasteiger charge is -2.32. The summed E-state index contributed by atoms with van der Waals surface area (Å²) in [5, 5.41) is 20.2. The van der Waals surface area contributed by atoms with Crippen LogP contribution in [0.4, 0.5) is 24.5 Å². The molecule has 234 valence electrons. The van der Waals surface area contributed by atoms with E-state index in [1.807, 2.05) is 6.07 Å². The molecule has 2 aromatic heterocycles. The van der Waals surface area contributed by atoms with Crippen LogP contribution in [0.3, 0.4) is 0 Å². The van der Waals surface area contributed by atoms with Crippen LogP contribution in [0.25, 0.3) is 10.9 Å².